The zero-order valence-electron chi connectivity index (χ0n) is 10.4. The molecular weight excluding hydrogens is 172 g/mol. The van der Waals surface area contributed by atoms with Crippen molar-refractivity contribution >= 4 is 0 Å². The Morgan fingerprint density at radius 3 is 2.21 bits per heavy atom. The highest BCUT2D eigenvalue weighted by Crippen LogP contribution is 2.21. The highest BCUT2D eigenvalue weighted by Gasteiger charge is 2.28. The number of hydrogen-bond acceptors (Lipinski definition) is 2. The standard InChI is InChI=1S/C12H26N2/c1-9(2)13-11(5)12-6-7-14(8-12)10(3)4/h9-13H,6-8H2,1-5H3. The maximum Gasteiger partial charge on any atom is 0.00820 e. The van der Waals surface area contributed by atoms with E-state index in [0.717, 1.165) is 5.92 Å². The lowest BCUT2D eigenvalue weighted by molar-refractivity contribution is 0.252. The van der Waals surface area contributed by atoms with E-state index < -0.39 is 0 Å². The van der Waals surface area contributed by atoms with Crippen molar-refractivity contribution in [3.05, 3.63) is 0 Å². The molecular formula is C12H26N2. The topological polar surface area (TPSA) is 15.3 Å². The van der Waals surface area contributed by atoms with Crippen LogP contribution in [0.3, 0.4) is 0 Å². The molecule has 0 aromatic heterocycles. The van der Waals surface area contributed by atoms with Gasteiger partial charge in [0, 0.05) is 24.7 Å². The Labute approximate surface area is 89.1 Å². The van der Waals surface area contributed by atoms with Crippen LogP contribution in [-0.4, -0.2) is 36.1 Å². The molecule has 2 heteroatoms. The van der Waals surface area contributed by atoms with E-state index in [1.807, 2.05) is 0 Å². The van der Waals surface area contributed by atoms with E-state index in [-0.39, 0.29) is 0 Å². The van der Waals surface area contributed by atoms with Crippen molar-refractivity contribution in [1.82, 2.24) is 10.2 Å². The Bertz CT molecular complexity index is 166. The quantitative estimate of drug-likeness (QED) is 0.744. The summed E-state index contributed by atoms with van der Waals surface area (Å²) in [5, 5.41) is 3.62. The lowest BCUT2D eigenvalue weighted by Gasteiger charge is -2.25. The number of likely N-dealkylation sites (tertiary alicyclic amines) is 1. The van der Waals surface area contributed by atoms with Crippen LogP contribution >= 0.6 is 0 Å². The SMILES string of the molecule is CC(C)NC(C)C1CCN(C(C)C)C1. The number of rotatable bonds is 4. The second-order valence-corrected chi connectivity index (χ2v) is 5.25. The van der Waals surface area contributed by atoms with Crippen molar-refractivity contribution in [2.75, 3.05) is 13.1 Å². The third-order valence-corrected chi connectivity index (χ3v) is 3.29. The first-order valence-corrected chi connectivity index (χ1v) is 6.00. The van der Waals surface area contributed by atoms with Gasteiger partial charge < -0.3 is 10.2 Å². The molecule has 0 saturated carbocycles. The van der Waals surface area contributed by atoms with Crippen LogP contribution in [0.15, 0.2) is 0 Å². The van der Waals surface area contributed by atoms with Gasteiger partial charge in [0.1, 0.15) is 0 Å². The largest absolute Gasteiger partial charge is 0.312 e. The predicted octanol–water partition coefficient (Wildman–Crippen LogP) is 2.10. The van der Waals surface area contributed by atoms with Gasteiger partial charge in [-0.15, -0.1) is 0 Å². The fraction of sp³-hybridized carbons (Fsp3) is 1.00. The average molecular weight is 198 g/mol. The van der Waals surface area contributed by atoms with E-state index in [0.29, 0.717) is 18.1 Å². The Balaban J connectivity index is 2.34. The van der Waals surface area contributed by atoms with Crippen molar-refractivity contribution < 1.29 is 0 Å². The first-order chi connectivity index (χ1) is 6.50. The first kappa shape index (κ1) is 12.0. The molecule has 0 aromatic carbocycles. The minimum atomic E-state index is 0.609. The van der Waals surface area contributed by atoms with Crippen LogP contribution in [0.2, 0.25) is 0 Å². The van der Waals surface area contributed by atoms with Crippen LogP contribution in [0.4, 0.5) is 0 Å². The lowest BCUT2D eigenvalue weighted by atomic mass is 10.00. The Kier molecular flexibility index (Phi) is 4.39. The Morgan fingerprint density at radius 2 is 1.79 bits per heavy atom. The third kappa shape index (κ3) is 3.25. The summed E-state index contributed by atoms with van der Waals surface area (Å²) in [5.74, 6) is 0.847. The molecule has 1 rings (SSSR count). The molecule has 84 valence electrons. The van der Waals surface area contributed by atoms with Crippen molar-refractivity contribution in [2.45, 2.75) is 59.2 Å². The summed E-state index contributed by atoms with van der Waals surface area (Å²) in [4.78, 5) is 2.59. The van der Waals surface area contributed by atoms with E-state index >= 15 is 0 Å². The Morgan fingerprint density at radius 1 is 1.14 bits per heavy atom. The van der Waals surface area contributed by atoms with Crippen LogP contribution < -0.4 is 5.32 Å². The van der Waals surface area contributed by atoms with E-state index in [1.165, 1.54) is 19.5 Å². The molecule has 2 nitrogen and oxygen atoms in total. The molecule has 1 N–H and O–H groups in total. The third-order valence-electron chi connectivity index (χ3n) is 3.29. The summed E-state index contributed by atoms with van der Waals surface area (Å²) in [6.07, 6.45) is 1.36. The summed E-state index contributed by atoms with van der Waals surface area (Å²) in [7, 11) is 0. The maximum absolute atomic E-state index is 3.62. The summed E-state index contributed by atoms with van der Waals surface area (Å²) >= 11 is 0. The van der Waals surface area contributed by atoms with Gasteiger partial charge in [-0.2, -0.15) is 0 Å². The molecule has 1 heterocycles. The molecule has 1 saturated heterocycles. The molecule has 1 aliphatic heterocycles. The molecule has 0 bridgehead atoms. The zero-order chi connectivity index (χ0) is 10.7. The van der Waals surface area contributed by atoms with Gasteiger partial charge in [-0.3, -0.25) is 0 Å². The van der Waals surface area contributed by atoms with Crippen LogP contribution in [0, 0.1) is 5.92 Å². The fourth-order valence-corrected chi connectivity index (χ4v) is 2.35. The van der Waals surface area contributed by atoms with Gasteiger partial charge in [-0.1, -0.05) is 13.8 Å². The average Bonchev–Trinajstić information content (AvgIpc) is 2.50. The lowest BCUT2D eigenvalue weighted by Crippen LogP contribution is -2.39. The van der Waals surface area contributed by atoms with Gasteiger partial charge in [0.15, 0.2) is 0 Å². The highest BCUT2D eigenvalue weighted by atomic mass is 15.2. The molecule has 1 aliphatic rings. The summed E-state index contributed by atoms with van der Waals surface area (Å²) in [5.41, 5.74) is 0. The summed E-state index contributed by atoms with van der Waals surface area (Å²) in [6.45, 7) is 13.9. The molecule has 0 aliphatic carbocycles. The molecule has 2 unspecified atom stereocenters. The van der Waals surface area contributed by atoms with Gasteiger partial charge >= 0.3 is 0 Å². The van der Waals surface area contributed by atoms with E-state index in [4.69, 9.17) is 0 Å². The second-order valence-electron chi connectivity index (χ2n) is 5.25. The second kappa shape index (κ2) is 5.13. The molecule has 14 heavy (non-hydrogen) atoms. The van der Waals surface area contributed by atoms with Gasteiger partial charge in [0.25, 0.3) is 0 Å². The Hall–Kier alpha value is -0.0800. The summed E-state index contributed by atoms with van der Waals surface area (Å²) in [6, 6.07) is 1.99. The summed E-state index contributed by atoms with van der Waals surface area (Å²) < 4.78 is 0. The first-order valence-electron chi connectivity index (χ1n) is 6.00. The van der Waals surface area contributed by atoms with Crippen molar-refractivity contribution in [3.63, 3.8) is 0 Å². The van der Waals surface area contributed by atoms with Gasteiger partial charge in [0.2, 0.25) is 0 Å². The maximum atomic E-state index is 3.62. The van der Waals surface area contributed by atoms with E-state index in [9.17, 15) is 0 Å². The molecule has 1 fully saturated rings. The van der Waals surface area contributed by atoms with Crippen LogP contribution in [0.1, 0.15) is 41.0 Å². The van der Waals surface area contributed by atoms with Gasteiger partial charge in [0.05, 0.1) is 0 Å². The number of nitrogens with one attached hydrogen (secondary N) is 1. The van der Waals surface area contributed by atoms with Crippen LogP contribution in [-0.2, 0) is 0 Å². The van der Waals surface area contributed by atoms with Crippen molar-refractivity contribution in [3.8, 4) is 0 Å². The molecule has 2 atom stereocenters. The normalized spacial score (nSPS) is 26.4. The smallest absolute Gasteiger partial charge is 0.00820 e. The van der Waals surface area contributed by atoms with Crippen molar-refractivity contribution in [2.24, 2.45) is 5.92 Å². The minimum Gasteiger partial charge on any atom is -0.312 e. The molecule has 0 amide bonds. The predicted molar refractivity (Wildman–Crippen MR) is 62.5 cm³/mol. The monoisotopic (exact) mass is 198 g/mol. The van der Waals surface area contributed by atoms with Gasteiger partial charge in [-0.25, -0.2) is 0 Å². The minimum absolute atomic E-state index is 0.609. The molecule has 0 radical (unpaired) electrons. The van der Waals surface area contributed by atoms with Gasteiger partial charge in [-0.05, 0) is 39.7 Å². The van der Waals surface area contributed by atoms with Crippen molar-refractivity contribution in [1.29, 1.82) is 0 Å². The van der Waals surface area contributed by atoms with E-state index in [1.54, 1.807) is 0 Å². The number of nitrogens with zero attached hydrogens (tertiary/aromatic N) is 1. The van der Waals surface area contributed by atoms with Crippen LogP contribution in [0.25, 0.3) is 0 Å². The highest BCUT2D eigenvalue weighted by molar-refractivity contribution is 4.84. The zero-order valence-corrected chi connectivity index (χ0v) is 10.4. The fourth-order valence-electron chi connectivity index (χ4n) is 2.35. The number of hydrogen-bond donors (Lipinski definition) is 1. The van der Waals surface area contributed by atoms with Crippen LogP contribution in [0.5, 0.6) is 0 Å². The van der Waals surface area contributed by atoms with E-state index in [2.05, 4.69) is 44.8 Å². The molecule has 0 aromatic rings. The molecule has 0 spiro atoms.